The summed E-state index contributed by atoms with van der Waals surface area (Å²) < 4.78 is 5.44. The molecule has 2 N–H and O–H groups in total. The van der Waals surface area contributed by atoms with Gasteiger partial charge in [0.15, 0.2) is 10.8 Å². The van der Waals surface area contributed by atoms with E-state index in [1.165, 1.54) is 16.2 Å². The summed E-state index contributed by atoms with van der Waals surface area (Å²) in [7, 11) is 0. The largest absolute Gasteiger partial charge is 0.378 e. The number of H-pyrrole nitrogens is 1. The fourth-order valence-corrected chi connectivity index (χ4v) is 4.91. The van der Waals surface area contributed by atoms with E-state index in [1.807, 2.05) is 36.6 Å². The van der Waals surface area contributed by atoms with E-state index in [-0.39, 0.29) is 5.91 Å². The summed E-state index contributed by atoms with van der Waals surface area (Å²) in [6, 6.07) is 12.3. The SMILES string of the molecule is Cc1ccc(-c2[nH]c(-c3ccc(N4CCOCC4)cc3)nc2C(=O)Nc2nccs2)s1. The molecule has 1 aliphatic rings. The number of carbonyl (C=O) groups excluding carboxylic acids is 1. The van der Waals surface area contributed by atoms with Crippen LogP contribution in [-0.2, 0) is 4.74 Å². The number of aromatic amines is 1. The van der Waals surface area contributed by atoms with Crippen LogP contribution >= 0.6 is 22.7 Å². The number of ether oxygens (including phenoxy) is 1. The number of aryl methyl sites for hydroxylation is 1. The third kappa shape index (κ3) is 4.25. The van der Waals surface area contributed by atoms with Gasteiger partial charge in [0, 0.05) is 40.8 Å². The van der Waals surface area contributed by atoms with E-state index in [2.05, 4.69) is 37.3 Å². The molecule has 1 aliphatic heterocycles. The van der Waals surface area contributed by atoms with Crippen LogP contribution in [0.3, 0.4) is 0 Å². The summed E-state index contributed by atoms with van der Waals surface area (Å²) in [5, 5.41) is 5.22. The maximum atomic E-state index is 13.0. The predicted molar refractivity (Wildman–Crippen MR) is 125 cm³/mol. The van der Waals surface area contributed by atoms with Crippen molar-refractivity contribution in [2.45, 2.75) is 6.92 Å². The number of amides is 1. The van der Waals surface area contributed by atoms with Gasteiger partial charge in [0.25, 0.3) is 5.91 Å². The molecule has 1 saturated heterocycles. The van der Waals surface area contributed by atoms with Crippen molar-refractivity contribution in [1.82, 2.24) is 15.0 Å². The molecular formula is C22H21N5O2S2. The van der Waals surface area contributed by atoms with E-state index in [4.69, 9.17) is 4.74 Å². The summed E-state index contributed by atoms with van der Waals surface area (Å²) >= 11 is 3.01. The number of imidazole rings is 1. The Balaban J connectivity index is 1.47. The quantitative estimate of drug-likeness (QED) is 0.461. The summed E-state index contributed by atoms with van der Waals surface area (Å²) in [5.74, 6) is 0.391. The lowest BCUT2D eigenvalue weighted by Gasteiger charge is -2.28. The molecule has 158 valence electrons. The fourth-order valence-electron chi connectivity index (χ4n) is 3.51. The number of nitrogens with zero attached hydrogens (tertiary/aromatic N) is 3. The highest BCUT2D eigenvalue weighted by Gasteiger charge is 2.22. The number of hydrogen-bond donors (Lipinski definition) is 2. The van der Waals surface area contributed by atoms with Crippen molar-refractivity contribution >= 4 is 39.4 Å². The van der Waals surface area contributed by atoms with Crippen molar-refractivity contribution in [2.75, 3.05) is 36.5 Å². The lowest BCUT2D eigenvalue weighted by Crippen LogP contribution is -2.36. The van der Waals surface area contributed by atoms with Gasteiger partial charge in [-0.25, -0.2) is 9.97 Å². The maximum Gasteiger partial charge on any atom is 0.278 e. The second-order valence-corrected chi connectivity index (χ2v) is 9.34. The van der Waals surface area contributed by atoms with Crippen LogP contribution in [0.25, 0.3) is 22.0 Å². The Bertz CT molecular complexity index is 1180. The Morgan fingerprint density at radius 3 is 2.65 bits per heavy atom. The first-order chi connectivity index (χ1) is 15.2. The molecule has 5 rings (SSSR count). The fraction of sp³-hybridized carbons (Fsp3) is 0.227. The molecule has 7 nitrogen and oxygen atoms in total. The van der Waals surface area contributed by atoms with E-state index in [0.717, 1.165) is 48.1 Å². The molecule has 1 aromatic carbocycles. The van der Waals surface area contributed by atoms with Gasteiger partial charge in [0.2, 0.25) is 0 Å². The van der Waals surface area contributed by atoms with Gasteiger partial charge >= 0.3 is 0 Å². The van der Waals surface area contributed by atoms with Gasteiger partial charge in [-0.2, -0.15) is 0 Å². The van der Waals surface area contributed by atoms with Gasteiger partial charge in [-0.1, -0.05) is 0 Å². The van der Waals surface area contributed by atoms with Crippen molar-refractivity contribution in [3.63, 3.8) is 0 Å². The summed E-state index contributed by atoms with van der Waals surface area (Å²) in [5.41, 5.74) is 3.18. The highest BCUT2D eigenvalue weighted by Crippen LogP contribution is 2.32. The third-order valence-electron chi connectivity index (χ3n) is 5.08. The second-order valence-electron chi connectivity index (χ2n) is 7.16. The average molecular weight is 452 g/mol. The molecule has 9 heteroatoms. The van der Waals surface area contributed by atoms with Crippen LogP contribution in [0.4, 0.5) is 10.8 Å². The number of morpholine rings is 1. The van der Waals surface area contributed by atoms with Gasteiger partial charge in [-0.15, -0.1) is 22.7 Å². The van der Waals surface area contributed by atoms with Gasteiger partial charge < -0.3 is 14.6 Å². The Hall–Kier alpha value is -3.01. The first-order valence-electron chi connectivity index (χ1n) is 9.98. The monoisotopic (exact) mass is 451 g/mol. The number of benzene rings is 1. The molecule has 4 aromatic rings. The number of nitrogens with one attached hydrogen (secondary N) is 2. The first-order valence-corrected chi connectivity index (χ1v) is 11.7. The third-order valence-corrected chi connectivity index (χ3v) is 6.78. The molecule has 4 heterocycles. The van der Waals surface area contributed by atoms with Crippen molar-refractivity contribution < 1.29 is 9.53 Å². The van der Waals surface area contributed by atoms with E-state index >= 15 is 0 Å². The normalized spacial score (nSPS) is 14.0. The van der Waals surface area contributed by atoms with Crippen molar-refractivity contribution in [3.05, 3.63) is 58.5 Å². The molecule has 0 unspecified atom stereocenters. The molecule has 0 spiro atoms. The zero-order valence-electron chi connectivity index (χ0n) is 16.9. The molecule has 31 heavy (non-hydrogen) atoms. The summed E-state index contributed by atoms with van der Waals surface area (Å²) in [6.07, 6.45) is 1.66. The van der Waals surface area contributed by atoms with E-state index in [9.17, 15) is 4.79 Å². The van der Waals surface area contributed by atoms with Crippen LogP contribution in [0.15, 0.2) is 48.0 Å². The van der Waals surface area contributed by atoms with Gasteiger partial charge in [-0.3, -0.25) is 10.1 Å². The molecule has 0 saturated carbocycles. The molecule has 1 fully saturated rings. The minimum atomic E-state index is -0.275. The standard InChI is InChI=1S/C22H21N5O2S2/c1-14-2-7-17(31-14)18-19(21(28)26-22-23-8-13-30-22)25-20(24-18)15-3-5-16(6-4-15)27-9-11-29-12-10-27/h2-8,13H,9-12H2,1H3,(H,24,25)(H,23,26,28). The number of thiazole rings is 1. The molecule has 1 amide bonds. The lowest BCUT2D eigenvalue weighted by atomic mass is 10.2. The Labute approximate surface area is 187 Å². The highest BCUT2D eigenvalue weighted by atomic mass is 32.1. The van der Waals surface area contributed by atoms with Gasteiger partial charge in [0.05, 0.1) is 23.8 Å². The minimum Gasteiger partial charge on any atom is -0.378 e. The Morgan fingerprint density at radius 2 is 1.97 bits per heavy atom. The predicted octanol–water partition coefficient (Wildman–Crippen LogP) is 4.66. The zero-order valence-corrected chi connectivity index (χ0v) is 18.6. The minimum absolute atomic E-state index is 0.275. The van der Waals surface area contributed by atoms with Gasteiger partial charge in [0.1, 0.15) is 5.82 Å². The van der Waals surface area contributed by atoms with Crippen molar-refractivity contribution in [1.29, 1.82) is 0 Å². The van der Waals surface area contributed by atoms with E-state index < -0.39 is 0 Å². The number of anilines is 2. The number of hydrogen-bond acceptors (Lipinski definition) is 7. The first kappa shape index (κ1) is 19.9. The van der Waals surface area contributed by atoms with Crippen LogP contribution < -0.4 is 10.2 Å². The van der Waals surface area contributed by atoms with Crippen LogP contribution in [0.5, 0.6) is 0 Å². The number of carbonyl (C=O) groups is 1. The van der Waals surface area contributed by atoms with Crippen LogP contribution in [0.1, 0.15) is 15.4 Å². The molecule has 0 atom stereocenters. The zero-order chi connectivity index (χ0) is 21.2. The Morgan fingerprint density at radius 1 is 1.16 bits per heavy atom. The van der Waals surface area contributed by atoms with Crippen LogP contribution in [0, 0.1) is 6.92 Å². The smallest absolute Gasteiger partial charge is 0.278 e. The maximum absolute atomic E-state index is 13.0. The molecule has 0 aliphatic carbocycles. The van der Waals surface area contributed by atoms with Gasteiger partial charge in [-0.05, 0) is 43.3 Å². The molecule has 0 radical (unpaired) electrons. The van der Waals surface area contributed by atoms with E-state index in [1.54, 1.807) is 17.5 Å². The highest BCUT2D eigenvalue weighted by molar-refractivity contribution is 7.15. The van der Waals surface area contributed by atoms with Crippen LogP contribution in [-0.4, -0.2) is 47.2 Å². The number of rotatable bonds is 5. The van der Waals surface area contributed by atoms with Crippen molar-refractivity contribution in [2.24, 2.45) is 0 Å². The molecule has 3 aromatic heterocycles. The topological polar surface area (TPSA) is 83.1 Å². The second kappa shape index (κ2) is 8.62. The number of aromatic nitrogens is 3. The van der Waals surface area contributed by atoms with Crippen LogP contribution in [0.2, 0.25) is 0 Å². The lowest BCUT2D eigenvalue weighted by molar-refractivity contribution is 0.102. The van der Waals surface area contributed by atoms with Crippen molar-refractivity contribution in [3.8, 4) is 22.0 Å². The van der Waals surface area contributed by atoms with E-state index in [0.29, 0.717) is 16.6 Å². The average Bonchev–Trinajstić information content (AvgIpc) is 3.55. The Kier molecular flexibility index (Phi) is 5.54. The summed E-state index contributed by atoms with van der Waals surface area (Å²) in [4.78, 5) is 29.6. The summed E-state index contributed by atoms with van der Waals surface area (Å²) in [6.45, 7) is 5.33. The molecule has 0 bridgehead atoms. The number of thiophene rings is 1. The molecular weight excluding hydrogens is 430 g/mol.